The maximum Gasteiger partial charge on any atom is 0.223 e. The molecular weight excluding hydrogens is 392 g/mol. The predicted octanol–water partition coefficient (Wildman–Crippen LogP) is 3.79. The third kappa shape index (κ3) is 3.17. The van der Waals surface area contributed by atoms with Crippen LogP contribution in [0.15, 0.2) is 24.9 Å². The normalized spacial score (nSPS) is 12.0. The van der Waals surface area contributed by atoms with E-state index in [9.17, 15) is 0 Å². The number of thiazole rings is 2. The Balaban J connectivity index is 1.90. The molecule has 0 bridgehead atoms. The molecule has 0 aliphatic rings. The third-order valence-corrected chi connectivity index (χ3v) is 5.95. The van der Waals surface area contributed by atoms with Gasteiger partial charge in [-0.05, 0) is 38.1 Å². The van der Waals surface area contributed by atoms with Crippen LogP contribution in [0.3, 0.4) is 0 Å². The van der Waals surface area contributed by atoms with Gasteiger partial charge in [-0.2, -0.15) is 4.68 Å². The second kappa shape index (κ2) is 5.75. The minimum atomic E-state index is -0.00459. The van der Waals surface area contributed by atoms with Crippen molar-refractivity contribution < 1.29 is 0 Å². The van der Waals surface area contributed by atoms with Crippen molar-refractivity contribution in [3.63, 3.8) is 0 Å². The minimum Gasteiger partial charge on any atom is -0.232 e. The van der Waals surface area contributed by atoms with E-state index in [0.29, 0.717) is 5.16 Å². The average Bonchev–Trinajstić information content (AvgIpc) is 3.08. The zero-order valence-corrected chi connectivity index (χ0v) is 15.5. The summed E-state index contributed by atoms with van der Waals surface area (Å²) in [6.45, 7) is 6.42. The Kier molecular flexibility index (Phi) is 4.12. The molecule has 0 aliphatic carbocycles. The van der Waals surface area contributed by atoms with E-state index >= 15 is 0 Å². The monoisotopic (exact) mass is 402 g/mol. The number of nitrogens with zero attached hydrogens (tertiary/aromatic N) is 6. The fourth-order valence-corrected chi connectivity index (χ4v) is 5.62. The van der Waals surface area contributed by atoms with Gasteiger partial charge in [0.25, 0.3) is 0 Å². The number of rotatable bonds is 3. The van der Waals surface area contributed by atoms with Gasteiger partial charge >= 0.3 is 0 Å². The van der Waals surface area contributed by atoms with Crippen LogP contribution in [0.5, 0.6) is 0 Å². The van der Waals surface area contributed by atoms with Crippen LogP contribution in [0.2, 0.25) is 0 Å². The molecule has 10 heteroatoms. The first-order valence-electron chi connectivity index (χ1n) is 5.98. The molecule has 110 valence electrons. The molecular formula is C11H11BrN6S3. The maximum atomic E-state index is 4.69. The summed E-state index contributed by atoms with van der Waals surface area (Å²) in [5.74, 6) is 0. The first-order valence-corrected chi connectivity index (χ1v) is 9.28. The molecule has 3 aromatic heterocycles. The molecule has 0 saturated carbocycles. The fraction of sp³-hybridized carbons (Fsp3) is 0.364. The lowest BCUT2D eigenvalue weighted by molar-refractivity contribution is 0.566. The SMILES string of the molecule is CC(C)(C)c1nc(Sc2nnnn2-c2nccs2)sc1Br. The van der Waals surface area contributed by atoms with Crippen molar-refractivity contribution in [3.8, 4) is 5.13 Å². The van der Waals surface area contributed by atoms with Crippen molar-refractivity contribution in [1.82, 2.24) is 30.2 Å². The molecule has 0 amide bonds. The summed E-state index contributed by atoms with van der Waals surface area (Å²) >= 11 is 8.11. The highest BCUT2D eigenvalue weighted by Gasteiger charge is 2.23. The zero-order chi connectivity index (χ0) is 15.0. The van der Waals surface area contributed by atoms with Crippen LogP contribution in [-0.2, 0) is 5.41 Å². The van der Waals surface area contributed by atoms with Crippen LogP contribution in [0.25, 0.3) is 5.13 Å². The van der Waals surface area contributed by atoms with Crippen LogP contribution in [0.4, 0.5) is 0 Å². The van der Waals surface area contributed by atoms with Gasteiger partial charge in [0.2, 0.25) is 10.3 Å². The quantitative estimate of drug-likeness (QED) is 0.663. The van der Waals surface area contributed by atoms with E-state index in [-0.39, 0.29) is 5.41 Å². The second-order valence-electron chi connectivity index (χ2n) is 5.14. The largest absolute Gasteiger partial charge is 0.232 e. The number of hydrogen-bond acceptors (Lipinski definition) is 8. The van der Waals surface area contributed by atoms with Gasteiger partial charge in [-0.1, -0.05) is 32.1 Å². The van der Waals surface area contributed by atoms with Gasteiger partial charge < -0.3 is 0 Å². The number of aromatic nitrogens is 6. The van der Waals surface area contributed by atoms with E-state index in [0.717, 1.165) is 19.0 Å². The van der Waals surface area contributed by atoms with Gasteiger partial charge in [0.1, 0.15) is 0 Å². The van der Waals surface area contributed by atoms with E-state index in [2.05, 4.69) is 62.2 Å². The van der Waals surface area contributed by atoms with E-state index in [1.54, 1.807) is 22.2 Å². The van der Waals surface area contributed by atoms with Gasteiger partial charge in [-0.25, -0.2) is 9.97 Å². The molecule has 0 spiro atoms. The summed E-state index contributed by atoms with van der Waals surface area (Å²) in [5.41, 5.74) is 1.04. The Hall–Kier alpha value is -0.840. The lowest BCUT2D eigenvalue weighted by Gasteiger charge is -2.15. The lowest BCUT2D eigenvalue weighted by atomic mass is 9.93. The van der Waals surface area contributed by atoms with E-state index in [1.165, 1.54) is 23.1 Å². The van der Waals surface area contributed by atoms with Crippen molar-refractivity contribution in [2.24, 2.45) is 0 Å². The number of halogens is 1. The van der Waals surface area contributed by atoms with Crippen molar-refractivity contribution in [2.75, 3.05) is 0 Å². The van der Waals surface area contributed by atoms with Crippen molar-refractivity contribution >= 4 is 50.4 Å². The fourth-order valence-electron chi connectivity index (χ4n) is 1.55. The van der Waals surface area contributed by atoms with E-state index in [1.807, 2.05) is 5.38 Å². The molecule has 3 heterocycles. The molecule has 0 N–H and O–H groups in total. The highest BCUT2D eigenvalue weighted by atomic mass is 79.9. The van der Waals surface area contributed by atoms with Crippen LogP contribution in [0, 0.1) is 0 Å². The third-order valence-electron chi connectivity index (χ3n) is 2.50. The second-order valence-corrected chi connectivity index (χ2v) is 9.55. The van der Waals surface area contributed by atoms with Gasteiger partial charge in [-0.3, -0.25) is 0 Å². The van der Waals surface area contributed by atoms with Gasteiger partial charge in [-0.15, -0.1) is 16.4 Å². The van der Waals surface area contributed by atoms with Crippen LogP contribution in [0.1, 0.15) is 26.5 Å². The summed E-state index contributed by atoms with van der Waals surface area (Å²) < 4.78 is 3.58. The maximum absolute atomic E-state index is 4.69. The Morgan fingerprint density at radius 2 is 2.14 bits per heavy atom. The lowest BCUT2D eigenvalue weighted by Crippen LogP contribution is -2.12. The molecule has 21 heavy (non-hydrogen) atoms. The standard InChI is InChI=1S/C11H11BrN6S3/c1-11(2,3)6-7(12)20-10(14-6)21-9-15-16-17-18(9)8-13-4-5-19-8/h4-5H,1-3H3. The summed E-state index contributed by atoms with van der Waals surface area (Å²) in [6, 6.07) is 0. The first-order chi connectivity index (χ1) is 9.95. The average molecular weight is 403 g/mol. The molecule has 3 rings (SSSR count). The molecule has 0 aliphatic heterocycles. The Labute approximate surface area is 142 Å². The molecule has 0 atom stereocenters. The van der Waals surface area contributed by atoms with Crippen LogP contribution in [-0.4, -0.2) is 30.2 Å². The summed E-state index contributed by atoms with van der Waals surface area (Å²) in [7, 11) is 0. The molecule has 0 saturated heterocycles. The molecule has 0 unspecified atom stereocenters. The number of tetrazole rings is 1. The Bertz CT molecular complexity index is 742. The summed E-state index contributed by atoms with van der Waals surface area (Å²) in [5, 5.41) is 15.1. The molecule has 0 aromatic carbocycles. The van der Waals surface area contributed by atoms with Gasteiger partial charge in [0, 0.05) is 17.0 Å². The predicted molar refractivity (Wildman–Crippen MR) is 87.5 cm³/mol. The zero-order valence-electron chi connectivity index (χ0n) is 11.4. The smallest absolute Gasteiger partial charge is 0.223 e. The van der Waals surface area contributed by atoms with Crippen molar-refractivity contribution in [2.45, 2.75) is 35.7 Å². The first kappa shape index (κ1) is 15.1. The van der Waals surface area contributed by atoms with Crippen molar-refractivity contribution in [3.05, 3.63) is 21.1 Å². The molecule has 0 radical (unpaired) electrons. The van der Waals surface area contributed by atoms with Crippen LogP contribution >= 0.6 is 50.4 Å². The highest BCUT2D eigenvalue weighted by Crippen LogP contribution is 2.39. The molecule has 3 aromatic rings. The van der Waals surface area contributed by atoms with E-state index < -0.39 is 0 Å². The van der Waals surface area contributed by atoms with Gasteiger partial charge in [0.15, 0.2) is 4.34 Å². The van der Waals surface area contributed by atoms with Crippen molar-refractivity contribution in [1.29, 1.82) is 0 Å². The minimum absolute atomic E-state index is 0.00459. The highest BCUT2D eigenvalue weighted by molar-refractivity contribution is 9.11. The van der Waals surface area contributed by atoms with Gasteiger partial charge in [0.05, 0.1) is 9.48 Å². The Morgan fingerprint density at radius 3 is 2.76 bits per heavy atom. The molecule has 0 fully saturated rings. The molecule has 6 nitrogen and oxygen atoms in total. The summed E-state index contributed by atoms with van der Waals surface area (Å²) in [6.07, 6.45) is 1.73. The Morgan fingerprint density at radius 1 is 1.33 bits per heavy atom. The topological polar surface area (TPSA) is 69.4 Å². The van der Waals surface area contributed by atoms with Crippen LogP contribution < -0.4 is 0 Å². The number of hydrogen-bond donors (Lipinski definition) is 0. The summed E-state index contributed by atoms with van der Waals surface area (Å²) in [4.78, 5) is 8.91. The van der Waals surface area contributed by atoms with E-state index in [4.69, 9.17) is 0 Å².